The number of halogens is 1. The number of anilines is 1. The summed E-state index contributed by atoms with van der Waals surface area (Å²) in [5.41, 5.74) is 0.619. The maximum atomic E-state index is 13.4. The van der Waals surface area contributed by atoms with E-state index in [1.54, 1.807) is 12.1 Å². The first-order valence-electron chi connectivity index (χ1n) is 9.11. The van der Waals surface area contributed by atoms with Crippen molar-refractivity contribution in [3.63, 3.8) is 0 Å². The Morgan fingerprint density at radius 3 is 2.79 bits per heavy atom. The monoisotopic (exact) mass is 382 g/mol. The first kappa shape index (κ1) is 18.0. The molecule has 0 fully saturated rings. The molecular formula is C21H19FN2O4. The maximum absolute atomic E-state index is 13.4. The number of amides is 1. The summed E-state index contributed by atoms with van der Waals surface area (Å²) < 4.78 is 20.3. The summed E-state index contributed by atoms with van der Waals surface area (Å²) in [4.78, 5) is 25.9. The van der Waals surface area contributed by atoms with E-state index in [1.807, 2.05) is 0 Å². The Hall–Kier alpha value is -3.35. The molecule has 3 aromatic rings. The van der Waals surface area contributed by atoms with E-state index >= 15 is 0 Å². The molecule has 0 unspecified atom stereocenters. The lowest BCUT2D eigenvalue weighted by Crippen LogP contribution is -2.34. The lowest BCUT2D eigenvalue weighted by atomic mass is 9.93. The van der Waals surface area contributed by atoms with Crippen LogP contribution in [0, 0.1) is 5.82 Å². The van der Waals surface area contributed by atoms with Crippen molar-refractivity contribution in [3.05, 3.63) is 81.4 Å². The molecule has 1 amide bonds. The molecule has 1 aliphatic rings. The van der Waals surface area contributed by atoms with Gasteiger partial charge in [0.05, 0.1) is 12.8 Å². The summed E-state index contributed by atoms with van der Waals surface area (Å²) in [5, 5.41) is 13.2. The minimum Gasteiger partial charge on any atom is -0.507 e. The number of fused-ring (bicyclic) bond motifs is 1. The fraction of sp³-hybridized carbons (Fsp3) is 0.238. The van der Waals surface area contributed by atoms with Crippen LogP contribution in [0.4, 0.5) is 10.1 Å². The van der Waals surface area contributed by atoms with Gasteiger partial charge in [-0.3, -0.25) is 9.59 Å². The van der Waals surface area contributed by atoms with Gasteiger partial charge in [-0.1, -0.05) is 6.07 Å². The van der Waals surface area contributed by atoms with Gasteiger partial charge in [-0.15, -0.1) is 0 Å². The standard InChI is InChI=1S/C21H19FN2O4/c22-13-5-3-6-14(11-13)23-20(26)18-19(25)16-8-1-2-9-17(16)24(21(18)27)12-15-7-4-10-28-15/h3-7,10-11,25H,1-2,8-9,12H2,(H,23,26). The SMILES string of the molecule is O=C(Nc1cccc(F)c1)c1c(O)c2c(n(Cc3ccco3)c1=O)CCCC2. The van der Waals surface area contributed by atoms with Crippen molar-refractivity contribution in [2.24, 2.45) is 0 Å². The molecular weight excluding hydrogens is 363 g/mol. The van der Waals surface area contributed by atoms with E-state index in [4.69, 9.17) is 4.42 Å². The number of furan rings is 1. The van der Waals surface area contributed by atoms with Gasteiger partial charge in [0.1, 0.15) is 22.9 Å². The van der Waals surface area contributed by atoms with Crippen LogP contribution >= 0.6 is 0 Å². The lowest BCUT2D eigenvalue weighted by molar-refractivity contribution is 0.102. The molecule has 7 heteroatoms. The Bertz CT molecular complexity index is 1090. The third kappa shape index (κ3) is 3.31. The number of aromatic nitrogens is 1. The minimum absolute atomic E-state index is 0.175. The maximum Gasteiger partial charge on any atom is 0.267 e. The number of aromatic hydroxyl groups is 1. The van der Waals surface area contributed by atoms with Crippen molar-refractivity contribution in [3.8, 4) is 5.75 Å². The van der Waals surface area contributed by atoms with Crippen molar-refractivity contribution in [2.75, 3.05) is 5.32 Å². The molecule has 4 rings (SSSR count). The van der Waals surface area contributed by atoms with Crippen LogP contribution in [0.25, 0.3) is 0 Å². The van der Waals surface area contributed by atoms with Crippen molar-refractivity contribution < 1.29 is 18.7 Å². The summed E-state index contributed by atoms with van der Waals surface area (Å²) in [5.74, 6) is -0.987. The van der Waals surface area contributed by atoms with Gasteiger partial charge < -0.3 is 19.4 Å². The number of carbonyl (C=O) groups is 1. The molecule has 0 atom stereocenters. The highest BCUT2D eigenvalue weighted by Crippen LogP contribution is 2.31. The summed E-state index contributed by atoms with van der Waals surface area (Å²) in [7, 11) is 0. The first-order chi connectivity index (χ1) is 13.5. The molecule has 0 bridgehead atoms. The zero-order valence-corrected chi connectivity index (χ0v) is 15.1. The highest BCUT2D eigenvalue weighted by Gasteiger charge is 2.27. The summed E-state index contributed by atoms with van der Waals surface area (Å²) in [6.07, 6.45) is 4.51. The zero-order valence-electron chi connectivity index (χ0n) is 15.1. The Kier molecular flexibility index (Phi) is 4.73. The summed E-state index contributed by atoms with van der Waals surface area (Å²) in [6.45, 7) is 0.175. The van der Waals surface area contributed by atoms with Crippen LogP contribution in [0.5, 0.6) is 5.75 Å². The molecule has 2 aromatic heterocycles. The number of benzene rings is 1. The van der Waals surface area contributed by atoms with E-state index in [1.165, 1.54) is 29.0 Å². The molecule has 2 N–H and O–H groups in total. The van der Waals surface area contributed by atoms with Gasteiger partial charge >= 0.3 is 0 Å². The predicted molar refractivity (Wildman–Crippen MR) is 101 cm³/mol. The predicted octanol–water partition coefficient (Wildman–Crippen LogP) is 3.47. The van der Waals surface area contributed by atoms with Crippen molar-refractivity contribution in [1.29, 1.82) is 0 Å². The third-order valence-corrected chi connectivity index (χ3v) is 4.95. The van der Waals surface area contributed by atoms with Crippen molar-refractivity contribution >= 4 is 11.6 Å². The molecule has 0 saturated carbocycles. The minimum atomic E-state index is -0.769. The normalized spacial score (nSPS) is 13.2. The van der Waals surface area contributed by atoms with Gasteiger partial charge in [0.2, 0.25) is 0 Å². The van der Waals surface area contributed by atoms with Crippen LogP contribution in [-0.2, 0) is 19.4 Å². The van der Waals surface area contributed by atoms with Gasteiger partial charge in [-0.2, -0.15) is 0 Å². The van der Waals surface area contributed by atoms with Gasteiger partial charge in [0.25, 0.3) is 11.5 Å². The number of nitrogens with one attached hydrogen (secondary N) is 1. The number of nitrogens with zero attached hydrogens (tertiary/aromatic N) is 1. The largest absolute Gasteiger partial charge is 0.507 e. The second-order valence-corrected chi connectivity index (χ2v) is 6.79. The quantitative estimate of drug-likeness (QED) is 0.724. The Balaban J connectivity index is 1.80. The van der Waals surface area contributed by atoms with Crippen molar-refractivity contribution in [1.82, 2.24) is 4.57 Å². The topological polar surface area (TPSA) is 84.5 Å². The number of hydrogen-bond acceptors (Lipinski definition) is 4. The average molecular weight is 382 g/mol. The molecule has 0 spiro atoms. The van der Waals surface area contributed by atoms with E-state index in [2.05, 4.69) is 5.32 Å². The lowest BCUT2D eigenvalue weighted by Gasteiger charge is -2.23. The van der Waals surface area contributed by atoms with Crippen LogP contribution in [0.1, 0.15) is 40.2 Å². The number of hydrogen-bond donors (Lipinski definition) is 2. The molecule has 0 radical (unpaired) electrons. The second-order valence-electron chi connectivity index (χ2n) is 6.79. The molecule has 6 nitrogen and oxygen atoms in total. The molecule has 2 heterocycles. The van der Waals surface area contributed by atoms with Gasteiger partial charge in [-0.25, -0.2) is 4.39 Å². The molecule has 1 aliphatic carbocycles. The molecule has 144 valence electrons. The van der Waals surface area contributed by atoms with Crippen LogP contribution in [-0.4, -0.2) is 15.6 Å². The van der Waals surface area contributed by atoms with E-state index in [-0.39, 0.29) is 23.5 Å². The molecule has 0 aliphatic heterocycles. The Morgan fingerprint density at radius 2 is 2.04 bits per heavy atom. The number of pyridine rings is 1. The van der Waals surface area contributed by atoms with Crippen molar-refractivity contribution in [2.45, 2.75) is 32.2 Å². The Morgan fingerprint density at radius 1 is 1.21 bits per heavy atom. The highest BCUT2D eigenvalue weighted by atomic mass is 19.1. The van der Waals surface area contributed by atoms with Crippen LogP contribution in [0.2, 0.25) is 0 Å². The number of rotatable bonds is 4. The molecule has 28 heavy (non-hydrogen) atoms. The van der Waals surface area contributed by atoms with Gasteiger partial charge in [-0.05, 0) is 56.0 Å². The molecule has 0 saturated heterocycles. The highest BCUT2D eigenvalue weighted by molar-refractivity contribution is 6.06. The van der Waals surface area contributed by atoms with Gasteiger partial charge in [0, 0.05) is 16.9 Å². The van der Waals surface area contributed by atoms with Crippen LogP contribution < -0.4 is 10.9 Å². The van der Waals surface area contributed by atoms with Crippen LogP contribution in [0.3, 0.4) is 0 Å². The molecule has 1 aromatic carbocycles. The third-order valence-electron chi connectivity index (χ3n) is 4.95. The van der Waals surface area contributed by atoms with E-state index < -0.39 is 17.3 Å². The second kappa shape index (κ2) is 7.34. The smallest absolute Gasteiger partial charge is 0.267 e. The number of carbonyl (C=O) groups excluding carboxylic acids is 1. The fourth-order valence-electron chi connectivity index (χ4n) is 3.64. The zero-order chi connectivity index (χ0) is 19.7. The van der Waals surface area contributed by atoms with Gasteiger partial charge in [0.15, 0.2) is 0 Å². The fourth-order valence-corrected chi connectivity index (χ4v) is 3.64. The van der Waals surface area contributed by atoms with Crippen LogP contribution in [0.15, 0.2) is 51.9 Å². The summed E-state index contributed by atoms with van der Waals surface area (Å²) >= 11 is 0. The van der Waals surface area contributed by atoms with E-state index in [0.29, 0.717) is 24.2 Å². The van der Waals surface area contributed by atoms with E-state index in [9.17, 15) is 19.1 Å². The summed E-state index contributed by atoms with van der Waals surface area (Å²) in [6, 6.07) is 8.84. The Labute approximate surface area is 160 Å². The average Bonchev–Trinajstić information content (AvgIpc) is 3.18. The first-order valence-corrected chi connectivity index (χ1v) is 9.11. The van der Waals surface area contributed by atoms with E-state index in [0.717, 1.165) is 24.6 Å².